The van der Waals surface area contributed by atoms with Gasteiger partial charge in [-0.2, -0.15) is 0 Å². The van der Waals surface area contributed by atoms with Crippen LogP contribution in [0.25, 0.3) is 0 Å². The topological polar surface area (TPSA) is 20.3 Å². The monoisotopic (exact) mass is 169 g/mol. The molecule has 1 atom stereocenters. The van der Waals surface area contributed by atoms with Crippen molar-refractivity contribution < 1.29 is 4.79 Å². The van der Waals surface area contributed by atoms with Gasteiger partial charge < -0.3 is 4.79 Å². The molecule has 0 N–H and O–H groups in total. The zero-order chi connectivity index (χ0) is 8.97. The van der Waals surface area contributed by atoms with E-state index < -0.39 is 0 Å². The fraction of sp³-hybridized carbons (Fsp3) is 0.900. The molecule has 1 aliphatic rings. The van der Waals surface area contributed by atoms with Crippen molar-refractivity contribution >= 4 is 6.29 Å². The summed E-state index contributed by atoms with van der Waals surface area (Å²) >= 11 is 0. The molecule has 0 aromatic rings. The van der Waals surface area contributed by atoms with E-state index in [0.29, 0.717) is 5.92 Å². The molecule has 1 unspecified atom stereocenters. The molecule has 1 rings (SSSR count). The molecule has 12 heavy (non-hydrogen) atoms. The summed E-state index contributed by atoms with van der Waals surface area (Å²) in [6.45, 7) is 6.60. The molecule has 70 valence electrons. The lowest BCUT2D eigenvalue weighted by atomic mass is 10.0. The lowest BCUT2D eigenvalue weighted by molar-refractivity contribution is -0.113. The van der Waals surface area contributed by atoms with Gasteiger partial charge in [0.1, 0.15) is 6.29 Å². The van der Waals surface area contributed by atoms with Crippen LogP contribution < -0.4 is 0 Å². The van der Waals surface area contributed by atoms with E-state index in [1.165, 1.54) is 12.8 Å². The molecule has 1 aliphatic heterocycles. The predicted molar refractivity (Wildman–Crippen MR) is 50.1 cm³/mol. The maximum atomic E-state index is 10.7. The Morgan fingerprint density at radius 3 is 2.83 bits per heavy atom. The Hall–Kier alpha value is -0.370. The normalized spacial score (nSPS) is 26.1. The molecule has 2 heteroatoms. The molecular weight excluding hydrogens is 150 g/mol. The average Bonchev–Trinajstić information content (AvgIpc) is 2.04. The first kappa shape index (κ1) is 9.72. The van der Waals surface area contributed by atoms with E-state index in [4.69, 9.17) is 0 Å². The standard InChI is InChI=1S/C10H19NO/c1-9(2)7-11-6-4-3-5-10(11)8-12/h8-10H,3-7H2,1-2H3. The molecule has 0 spiro atoms. The van der Waals surface area contributed by atoms with Gasteiger partial charge in [0.05, 0.1) is 6.04 Å². The number of carbonyl (C=O) groups excluding carboxylic acids is 1. The lowest BCUT2D eigenvalue weighted by Gasteiger charge is -2.33. The quantitative estimate of drug-likeness (QED) is 0.599. The van der Waals surface area contributed by atoms with Crippen molar-refractivity contribution in [3.05, 3.63) is 0 Å². The minimum absolute atomic E-state index is 0.209. The van der Waals surface area contributed by atoms with Gasteiger partial charge in [-0.25, -0.2) is 0 Å². The molecule has 1 fully saturated rings. The molecule has 0 saturated carbocycles. The maximum absolute atomic E-state index is 10.7. The second-order valence-corrected chi connectivity index (χ2v) is 4.09. The first-order chi connectivity index (χ1) is 5.74. The van der Waals surface area contributed by atoms with Gasteiger partial charge in [-0.1, -0.05) is 20.3 Å². The largest absolute Gasteiger partial charge is 0.302 e. The van der Waals surface area contributed by atoms with Crippen molar-refractivity contribution in [3.8, 4) is 0 Å². The van der Waals surface area contributed by atoms with Crippen LogP contribution in [-0.2, 0) is 4.79 Å². The van der Waals surface area contributed by atoms with Crippen LogP contribution in [0, 0.1) is 5.92 Å². The Bertz CT molecular complexity index is 145. The summed E-state index contributed by atoms with van der Waals surface area (Å²) in [6.07, 6.45) is 4.66. The van der Waals surface area contributed by atoms with Crippen LogP contribution in [0.3, 0.4) is 0 Å². The molecule has 0 aromatic heterocycles. The maximum Gasteiger partial charge on any atom is 0.137 e. The molecule has 0 aromatic carbocycles. The van der Waals surface area contributed by atoms with Gasteiger partial charge in [-0.3, -0.25) is 4.90 Å². The molecule has 1 saturated heterocycles. The van der Waals surface area contributed by atoms with Crippen LogP contribution in [0.1, 0.15) is 33.1 Å². The highest BCUT2D eigenvalue weighted by molar-refractivity contribution is 5.57. The second kappa shape index (κ2) is 4.61. The van der Waals surface area contributed by atoms with Gasteiger partial charge in [0, 0.05) is 6.54 Å². The third kappa shape index (κ3) is 2.59. The van der Waals surface area contributed by atoms with E-state index in [9.17, 15) is 4.79 Å². The average molecular weight is 169 g/mol. The van der Waals surface area contributed by atoms with E-state index in [1.54, 1.807) is 0 Å². The van der Waals surface area contributed by atoms with E-state index >= 15 is 0 Å². The number of hydrogen-bond donors (Lipinski definition) is 0. The Balaban J connectivity index is 2.41. The molecule has 2 nitrogen and oxygen atoms in total. The van der Waals surface area contributed by atoms with Crippen LogP contribution in [0.2, 0.25) is 0 Å². The third-order valence-corrected chi connectivity index (χ3v) is 2.42. The Kier molecular flexibility index (Phi) is 3.73. The zero-order valence-electron chi connectivity index (χ0n) is 8.12. The second-order valence-electron chi connectivity index (χ2n) is 4.09. The number of rotatable bonds is 3. The minimum atomic E-state index is 0.209. The lowest BCUT2D eigenvalue weighted by Crippen LogP contribution is -2.42. The minimum Gasteiger partial charge on any atom is -0.302 e. The SMILES string of the molecule is CC(C)CN1CCCCC1C=O. The molecule has 1 heterocycles. The van der Waals surface area contributed by atoms with Crippen LogP contribution in [0.4, 0.5) is 0 Å². The molecule has 0 radical (unpaired) electrons. The highest BCUT2D eigenvalue weighted by atomic mass is 16.1. The summed E-state index contributed by atoms with van der Waals surface area (Å²) in [5.74, 6) is 0.672. The molecule has 0 amide bonds. The highest BCUT2D eigenvalue weighted by Gasteiger charge is 2.21. The Morgan fingerprint density at radius 1 is 1.50 bits per heavy atom. The van der Waals surface area contributed by atoms with E-state index in [0.717, 1.165) is 25.8 Å². The van der Waals surface area contributed by atoms with Gasteiger partial charge in [-0.15, -0.1) is 0 Å². The van der Waals surface area contributed by atoms with E-state index in [-0.39, 0.29) is 6.04 Å². The molecule has 0 bridgehead atoms. The highest BCUT2D eigenvalue weighted by Crippen LogP contribution is 2.16. The van der Waals surface area contributed by atoms with Gasteiger partial charge in [-0.05, 0) is 25.3 Å². The number of nitrogens with zero attached hydrogens (tertiary/aromatic N) is 1. The summed E-state index contributed by atoms with van der Waals surface area (Å²) in [4.78, 5) is 13.0. The van der Waals surface area contributed by atoms with Crippen molar-refractivity contribution in [1.82, 2.24) is 4.90 Å². The fourth-order valence-electron chi connectivity index (χ4n) is 1.87. The van der Waals surface area contributed by atoms with Gasteiger partial charge in [0.25, 0.3) is 0 Å². The van der Waals surface area contributed by atoms with Crippen LogP contribution in [0.5, 0.6) is 0 Å². The van der Waals surface area contributed by atoms with Gasteiger partial charge in [0.2, 0.25) is 0 Å². The number of piperidine rings is 1. The number of hydrogen-bond acceptors (Lipinski definition) is 2. The summed E-state index contributed by atoms with van der Waals surface area (Å²) in [7, 11) is 0. The zero-order valence-corrected chi connectivity index (χ0v) is 8.12. The summed E-state index contributed by atoms with van der Waals surface area (Å²) in [5, 5.41) is 0. The van der Waals surface area contributed by atoms with E-state index in [2.05, 4.69) is 18.7 Å². The van der Waals surface area contributed by atoms with E-state index in [1.807, 2.05) is 0 Å². The predicted octanol–water partition coefficient (Wildman–Crippen LogP) is 1.70. The van der Waals surface area contributed by atoms with Crippen molar-refractivity contribution in [1.29, 1.82) is 0 Å². The van der Waals surface area contributed by atoms with Crippen LogP contribution >= 0.6 is 0 Å². The smallest absolute Gasteiger partial charge is 0.137 e. The summed E-state index contributed by atoms with van der Waals surface area (Å²) < 4.78 is 0. The van der Waals surface area contributed by atoms with Crippen molar-refractivity contribution in [2.45, 2.75) is 39.2 Å². The van der Waals surface area contributed by atoms with Gasteiger partial charge in [0.15, 0.2) is 0 Å². The Morgan fingerprint density at radius 2 is 2.25 bits per heavy atom. The van der Waals surface area contributed by atoms with Gasteiger partial charge >= 0.3 is 0 Å². The Labute approximate surface area is 74.9 Å². The van der Waals surface area contributed by atoms with Crippen LogP contribution in [-0.4, -0.2) is 30.3 Å². The van der Waals surface area contributed by atoms with Crippen LogP contribution in [0.15, 0.2) is 0 Å². The fourth-order valence-corrected chi connectivity index (χ4v) is 1.87. The first-order valence-corrected chi connectivity index (χ1v) is 4.93. The number of likely N-dealkylation sites (tertiary alicyclic amines) is 1. The summed E-state index contributed by atoms with van der Waals surface area (Å²) in [5.41, 5.74) is 0. The summed E-state index contributed by atoms with van der Waals surface area (Å²) in [6, 6.07) is 0.209. The first-order valence-electron chi connectivity index (χ1n) is 4.93. The third-order valence-electron chi connectivity index (χ3n) is 2.42. The van der Waals surface area contributed by atoms with Crippen molar-refractivity contribution in [2.24, 2.45) is 5.92 Å². The molecule has 0 aliphatic carbocycles. The van der Waals surface area contributed by atoms with Crippen molar-refractivity contribution in [2.75, 3.05) is 13.1 Å². The number of aldehydes is 1. The van der Waals surface area contributed by atoms with Crippen molar-refractivity contribution in [3.63, 3.8) is 0 Å². The number of carbonyl (C=O) groups is 1. The molecular formula is C10H19NO.